The number of amides is 2. The molecule has 1 aromatic heterocycles. The van der Waals surface area contributed by atoms with E-state index in [-0.39, 0.29) is 18.4 Å². The molecule has 2 aromatic rings. The van der Waals surface area contributed by atoms with Gasteiger partial charge in [-0.15, -0.1) is 0 Å². The molecule has 1 fully saturated rings. The molecule has 0 aliphatic carbocycles. The number of nitrogens with zero attached hydrogens (tertiary/aromatic N) is 4. The molecule has 0 unspecified atom stereocenters. The summed E-state index contributed by atoms with van der Waals surface area (Å²) in [5, 5.41) is 4.35. The maximum absolute atomic E-state index is 12.6. The molecule has 3 rings (SSSR count). The van der Waals surface area contributed by atoms with Crippen LogP contribution in [0.1, 0.15) is 34.2 Å². The first-order valence-corrected chi connectivity index (χ1v) is 9.15. The van der Waals surface area contributed by atoms with Gasteiger partial charge in [0.15, 0.2) is 0 Å². The van der Waals surface area contributed by atoms with Crippen molar-refractivity contribution in [2.45, 2.75) is 33.7 Å². The van der Waals surface area contributed by atoms with Crippen molar-refractivity contribution < 1.29 is 9.59 Å². The van der Waals surface area contributed by atoms with Crippen LogP contribution in [-0.4, -0.2) is 57.6 Å². The summed E-state index contributed by atoms with van der Waals surface area (Å²) in [5.41, 5.74) is 3.84. The van der Waals surface area contributed by atoms with Gasteiger partial charge in [-0.25, -0.2) is 0 Å². The highest BCUT2D eigenvalue weighted by atomic mass is 16.2. The molecule has 0 saturated carbocycles. The largest absolute Gasteiger partial charge is 0.338 e. The van der Waals surface area contributed by atoms with Crippen molar-refractivity contribution in [2.75, 3.05) is 26.2 Å². The Morgan fingerprint density at radius 2 is 1.62 bits per heavy atom. The van der Waals surface area contributed by atoms with E-state index in [0.717, 1.165) is 17.8 Å². The van der Waals surface area contributed by atoms with Crippen LogP contribution < -0.4 is 0 Å². The van der Waals surface area contributed by atoms with Gasteiger partial charge in [-0.3, -0.25) is 14.3 Å². The number of carbonyl (C=O) groups is 2. The maximum atomic E-state index is 12.6. The predicted molar refractivity (Wildman–Crippen MR) is 100 cm³/mol. The van der Waals surface area contributed by atoms with Crippen molar-refractivity contribution in [3.63, 3.8) is 0 Å². The molecule has 1 aliphatic heterocycles. The standard InChI is InChI=1S/C20H26N4O2/c1-4-17-5-7-18(8-6-17)20(26)23-11-9-22(10-12-23)19(25)14-24-16(3)13-15(2)21-24/h5-8,13H,4,9-12,14H2,1-3H3. The first kappa shape index (κ1) is 18.2. The average molecular weight is 354 g/mol. The van der Waals surface area contributed by atoms with E-state index in [1.54, 1.807) is 4.68 Å². The van der Waals surface area contributed by atoms with Crippen LogP contribution in [0.2, 0.25) is 0 Å². The minimum Gasteiger partial charge on any atom is -0.338 e. The Bertz CT molecular complexity index is 787. The molecule has 1 aromatic carbocycles. The van der Waals surface area contributed by atoms with Crippen LogP contribution in [0.25, 0.3) is 0 Å². The SMILES string of the molecule is CCc1ccc(C(=O)N2CCN(C(=O)Cn3nc(C)cc3C)CC2)cc1. The van der Waals surface area contributed by atoms with Gasteiger partial charge in [-0.1, -0.05) is 19.1 Å². The van der Waals surface area contributed by atoms with Crippen LogP contribution in [0.15, 0.2) is 30.3 Å². The average Bonchev–Trinajstić information content (AvgIpc) is 2.98. The number of hydrogen-bond acceptors (Lipinski definition) is 3. The van der Waals surface area contributed by atoms with Crippen molar-refractivity contribution in [1.82, 2.24) is 19.6 Å². The Labute approximate surface area is 154 Å². The number of aromatic nitrogens is 2. The molecule has 138 valence electrons. The van der Waals surface area contributed by atoms with Crippen LogP contribution >= 0.6 is 0 Å². The number of rotatable bonds is 4. The van der Waals surface area contributed by atoms with E-state index in [1.165, 1.54) is 5.56 Å². The molecule has 0 atom stereocenters. The molecule has 0 spiro atoms. The molecule has 26 heavy (non-hydrogen) atoms. The molecule has 2 heterocycles. The van der Waals surface area contributed by atoms with E-state index >= 15 is 0 Å². The molecule has 2 amide bonds. The van der Waals surface area contributed by atoms with Gasteiger partial charge >= 0.3 is 0 Å². The fourth-order valence-electron chi connectivity index (χ4n) is 3.29. The number of aryl methyl sites for hydroxylation is 3. The molecule has 0 radical (unpaired) electrons. The smallest absolute Gasteiger partial charge is 0.253 e. The minimum atomic E-state index is 0.0401. The van der Waals surface area contributed by atoms with Crippen LogP contribution in [-0.2, 0) is 17.8 Å². The summed E-state index contributed by atoms with van der Waals surface area (Å²) in [6, 6.07) is 9.75. The van der Waals surface area contributed by atoms with Crippen LogP contribution in [0.5, 0.6) is 0 Å². The summed E-state index contributed by atoms with van der Waals surface area (Å²) in [5.74, 6) is 0.0916. The zero-order chi connectivity index (χ0) is 18.7. The van der Waals surface area contributed by atoms with E-state index < -0.39 is 0 Å². The van der Waals surface area contributed by atoms with Gasteiger partial charge in [0, 0.05) is 37.4 Å². The van der Waals surface area contributed by atoms with Gasteiger partial charge in [-0.05, 0) is 44.0 Å². The van der Waals surface area contributed by atoms with E-state index in [2.05, 4.69) is 12.0 Å². The maximum Gasteiger partial charge on any atom is 0.253 e. The number of piperazine rings is 1. The van der Waals surface area contributed by atoms with Crippen molar-refractivity contribution >= 4 is 11.8 Å². The zero-order valence-corrected chi connectivity index (χ0v) is 15.7. The molecule has 6 heteroatoms. The van der Waals surface area contributed by atoms with E-state index in [1.807, 2.05) is 54.0 Å². The third kappa shape index (κ3) is 3.95. The Morgan fingerprint density at radius 3 is 2.15 bits per heavy atom. The summed E-state index contributed by atoms with van der Waals surface area (Å²) >= 11 is 0. The van der Waals surface area contributed by atoms with Crippen molar-refractivity contribution in [2.24, 2.45) is 0 Å². The third-order valence-corrected chi connectivity index (χ3v) is 4.92. The van der Waals surface area contributed by atoms with Gasteiger partial charge < -0.3 is 9.80 Å². The van der Waals surface area contributed by atoms with Crippen molar-refractivity contribution in [3.8, 4) is 0 Å². The first-order chi connectivity index (χ1) is 12.5. The summed E-state index contributed by atoms with van der Waals surface area (Å²) < 4.78 is 1.74. The second-order valence-electron chi connectivity index (χ2n) is 6.81. The number of carbonyl (C=O) groups excluding carboxylic acids is 2. The highest BCUT2D eigenvalue weighted by Crippen LogP contribution is 2.12. The lowest BCUT2D eigenvalue weighted by atomic mass is 10.1. The molecular weight excluding hydrogens is 328 g/mol. The van der Waals surface area contributed by atoms with Crippen molar-refractivity contribution in [3.05, 3.63) is 52.8 Å². The van der Waals surface area contributed by atoms with E-state index in [0.29, 0.717) is 31.7 Å². The minimum absolute atomic E-state index is 0.0401. The fourth-order valence-corrected chi connectivity index (χ4v) is 3.29. The van der Waals surface area contributed by atoms with Gasteiger partial charge in [0.25, 0.3) is 5.91 Å². The molecular formula is C20H26N4O2. The summed E-state index contributed by atoms with van der Waals surface area (Å²) in [6.45, 7) is 8.49. The van der Waals surface area contributed by atoms with Gasteiger partial charge in [-0.2, -0.15) is 5.10 Å². The fraction of sp³-hybridized carbons (Fsp3) is 0.450. The topological polar surface area (TPSA) is 58.4 Å². The Kier molecular flexibility index (Phi) is 5.40. The lowest BCUT2D eigenvalue weighted by Crippen LogP contribution is -2.51. The number of hydrogen-bond donors (Lipinski definition) is 0. The lowest BCUT2D eigenvalue weighted by molar-refractivity contribution is -0.133. The van der Waals surface area contributed by atoms with Crippen LogP contribution in [0.3, 0.4) is 0 Å². The van der Waals surface area contributed by atoms with Gasteiger partial charge in [0.05, 0.1) is 5.69 Å². The Hall–Kier alpha value is -2.63. The lowest BCUT2D eigenvalue weighted by Gasteiger charge is -2.35. The zero-order valence-electron chi connectivity index (χ0n) is 15.7. The number of benzene rings is 1. The summed E-state index contributed by atoms with van der Waals surface area (Å²) in [7, 11) is 0. The van der Waals surface area contributed by atoms with E-state index in [4.69, 9.17) is 0 Å². The Balaban J connectivity index is 1.55. The summed E-state index contributed by atoms with van der Waals surface area (Å²) in [4.78, 5) is 28.8. The quantitative estimate of drug-likeness (QED) is 0.844. The Morgan fingerprint density at radius 1 is 1.00 bits per heavy atom. The van der Waals surface area contributed by atoms with Crippen LogP contribution in [0, 0.1) is 13.8 Å². The first-order valence-electron chi connectivity index (χ1n) is 9.15. The highest BCUT2D eigenvalue weighted by Gasteiger charge is 2.25. The second-order valence-corrected chi connectivity index (χ2v) is 6.81. The summed E-state index contributed by atoms with van der Waals surface area (Å²) in [6.07, 6.45) is 0.963. The normalized spacial score (nSPS) is 14.6. The predicted octanol–water partition coefficient (Wildman–Crippen LogP) is 2.05. The second kappa shape index (κ2) is 7.72. The van der Waals surface area contributed by atoms with Gasteiger partial charge in [0.1, 0.15) is 6.54 Å². The molecule has 0 bridgehead atoms. The molecule has 6 nitrogen and oxygen atoms in total. The molecule has 1 saturated heterocycles. The molecule has 1 aliphatic rings. The highest BCUT2D eigenvalue weighted by molar-refractivity contribution is 5.94. The van der Waals surface area contributed by atoms with Crippen LogP contribution in [0.4, 0.5) is 0 Å². The van der Waals surface area contributed by atoms with E-state index in [9.17, 15) is 9.59 Å². The molecule has 0 N–H and O–H groups in total. The third-order valence-electron chi connectivity index (χ3n) is 4.92. The van der Waals surface area contributed by atoms with Gasteiger partial charge in [0.2, 0.25) is 5.91 Å². The monoisotopic (exact) mass is 354 g/mol. The van der Waals surface area contributed by atoms with Crippen molar-refractivity contribution in [1.29, 1.82) is 0 Å².